The van der Waals surface area contributed by atoms with Crippen molar-refractivity contribution in [3.8, 4) is 0 Å². The topological polar surface area (TPSA) is 42.1 Å². The van der Waals surface area contributed by atoms with Crippen LogP contribution in [0.1, 0.15) is 23.5 Å². The lowest BCUT2D eigenvalue weighted by atomic mass is 9.99. The third-order valence-corrected chi connectivity index (χ3v) is 3.80. The maximum atomic E-state index is 5.72. The molecule has 0 radical (unpaired) electrons. The Kier molecular flexibility index (Phi) is 3.47. The van der Waals surface area contributed by atoms with Gasteiger partial charge in [-0.25, -0.2) is 4.98 Å². The van der Waals surface area contributed by atoms with Crippen molar-refractivity contribution in [3.05, 3.63) is 59.8 Å². The first-order chi connectivity index (χ1) is 9.31. The molecule has 0 bridgehead atoms. The smallest absolute Gasteiger partial charge is 0.123 e. The summed E-state index contributed by atoms with van der Waals surface area (Å²) >= 11 is 0. The average molecular weight is 253 g/mol. The van der Waals surface area contributed by atoms with Gasteiger partial charge in [-0.3, -0.25) is 4.90 Å². The molecule has 1 aromatic heterocycles. The first-order valence-electron chi connectivity index (χ1n) is 6.79. The van der Waals surface area contributed by atoms with Crippen molar-refractivity contribution in [1.29, 1.82) is 0 Å². The first kappa shape index (κ1) is 12.2. The summed E-state index contributed by atoms with van der Waals surface area (Å²) in [4.78, 5) is 6.53. The van der Waals surface area contributed by atoms with Crippen LogP contribution in [0, 0.1) is 0 Å². The molecule has 1 aliphatic heterocycles. The van der Waals surface area contributed by atoms with Crippen molar-refractivity contribution in [2.24, 2.45) is 0 Å². The molecule has 1 saturated heterocycles. The molecule has 2 N–H and O–H groups in total. The van der Waals surface area contributed by atoms with Crippen LogP contribution in [-0.4, -0.2) is 23.0 Å². The molecule has 0 saturated carbocycles. The summed E-state index contributed by atoms with van der Waals surface area (Å²) in [5, 5.41) is 0. The third kappa shape index (κ3) is 2.93. The summed E-state index contributed by atoms with van der Waals surface area (Å²) in [5.74, 6) is 1.27. The number of rotatable bonds is 3. The van der Waals surface area contributed by atoms with Crippen LogP contribution in [0.25, 0.3) is 0 Å². The zero-order chi connectivity index (χ0) is 13.1. The van der Waals surface area contributed by atoms with Crippen LogP contribution < -0.4 is 5.73 Å². The zero-order valence-corrected chi connectivity index (χ0v) is 11.0. The van der Waals surface area contributed by atoms with Gasteiger partial charge in [0.15, 0.2) is 0 Å². The Bertz CT molecular complexity index is 539. The summed E-state index contributed by atoms with van der Waals surface area (Å²) in [6.07, 6.45) is 3.03. The molecular weight excluding hydrogens is 234 g/mol. The van der Waals surface area contributed by atoms with Gasteiger partial charge < -0.3 is 5.73 Å². The lowest BCUT2D eigenvalue weighted by Crippen LogP contribution is -2.19. The van der Waals surface area contributed by atoms with Crippen molar-refractivity contribution in [2.45, 2.75) is 18.9 Å². The van der Waals surface area contributed by atoms with Crippen LogP contribution >= 0.6 is 0 Å². The maximum Gasteiger partial charge on any atom is 0.123 e. The van der Waals surface area contributed by atoms with Crippen molar-refractivity contribution in [3.63, 3.8) is 0 Å². The standard InChI is InChI=1S/C16H19N3/c17-16-10-13(6-8-18-16)11-19-9-7-15(12-19)14-4-2-1-3-5-14/h1-6,8,10,15H,7,9,11-12H2,(H2,17,18). The lowest BCUT2D eigenvalue weighted by Gasteiger charge is -2.16. The number of nitrogen functional groups attached to an aromatic ring is 1. The highest BCUT2D eigenvalue weighted by Crippen LogP contribution is 2.27. The number of nitrogens with two attached hydrogens (primary N) is 1. The molecule has 3 nitrogen and oxygen atoms in total. The highest BCUT2D eigenvalue weighted by molar-refractivity contribution is 5.31. The number of aromatic nitrogens is 1. The van der Waals surface area contributed by atoms with E-state index in [1.807, 2.05) is 12.1 Å². The predicted octanol–water partition coefficient (Wildman–Crippen LogP) is 2.65. The van der Waals surface area contributed by atoms with Crippen LogP contribution in [-0.2, 0) is 6.54 Å². The molecule has 0 aliphatic carbocycles. The highest BCUT2D eigenvalue weighted by atomic mass is 15.1. The van der Waals surface area contributed by atoms with E-state index < -0.39 is 0 Å². The number of nitrogens with zero attached hydrogens (tertiary/aromatic N) is 2. The Balaban J connectivity index is 1.63. The zero-order valence-electron chi connectivity index (χ0n) is 11.0. The summed E-state index contributed by atoms with van der Waals surface area (Å²) < 4.78 is 0. The normalized spacial score (nSPS) is 19.7. The van der Waals surface area contributed by atoms with E-state index in [4.69, 9.17) is 5.73 Å². The van der Waals surface area contributed by atoms with Gasteiger partial charge >= 0.3 is 0 Å². The van der Waals surface area contributed by atoms with Gasteiger partial charge in [-0.15, -0.1) is 0 Å². The summed E-state index contributed by atoms with van der Waals surface area (Å²) in [7, 11) is 0. The molecular formula is C16H19N3. The molecule has 1 unspecified atom stereocenters. The minimum Gasteiger partial charge on any atom is -0.384 e. The molecule has 3 heteroatoms. The fraction of sp³-hybridized carbons (Fsp3) is 0.312. The Morgan fingerprint density at radius 3 is 2.84 bits per heavy atom. The molecule has 1 fully saturated rings. The van der Waals surface area contributed by atoms with Gasteiger partial charge in [0, 0.05) is 19.3 Å². The number of likely N-dealkylation sites (tertiary alicyclic amines) is 1. The lowest BCUT2D eigenvalue weighted by molar-refractivity contribution is 0.327. The van der Waals surface area contributed by atoms with Gasteiger partial charge in [0.1, 0.15) is 5.82 Å². The summed E-state index contributed by atoms with van der Waals surface area (Å²) in [6, 6.07) is 14.8. The number of hydrogen-bond acceptors (Lipinski definition) is 3. The Morgan fingerprint density at radius 2 is 2.05 bits per heavy atom. The first-order valence-corrected chi connectivity index (χ1v) is 6.79. The van der Waals surface area contributed by atoms with Crippen LogP contribution in [0.2, 0.25) is 0 Å². The second kappa shape index (κ2) is 5.41. The Labute approximate surface area is 114 Å². The number of benzene rings is 1. The summed E-state index contributed by atoms with van der Waals surface area (Å²) in [5.41, 5.74) is 8.43. The quantitative estimate of drug-likeness (QED) is 0.914. The van der Waals surface area contributed by atoms with Gasteiger partial charge in [0.25, 0.3) is 0 Å². The molecule has 98 valence electrons. The molecule has 1 aliphatic rings. The van der Waals surface area contributed by atoms with Crippen molar-refractivity contribution in [1.82, 2.24) is 9.88 Å². The Hall–Kier alpha value is -1.87. The second-order valence-electron chi connectivity index (χ2n) is 5.22. The number of hydrogen-bond donors (Lipinski definition) is 1. The minimum absolute atomic E-state index is 0.608. The van der Waals surface area contributed by atoms with E-state index in [2.05, 4.69) is 40.2 Å². The van der Waals surface area contributed by atoms with Crippen LogP contribution in [0.15, 0.2) is 48.7 Å². The molecule has 19 heavy (non-hydrogen) atoms. The van der Waals surface area contributed by atoms with Crippen LogP contribution in [0.4, 0.5) is 5.82 Å². The van der Waals surface area contributed by atoms with Gasteiger partial charge in [0.2, 0.25) is 0 Å². The van der Waals surface area contributed by atoms with Gasteiger partial charge in [0.05, 0.1) is 0 Å². The number of pyridine rings is 1. The highest BCUT2D eigenvalue weighted by Gasteiger charge is 2.23. The van der Waals surface area contributed by atoms with E-state index in [0.717, 1.165) is 19.6 Å². The fourth-order valence-corrected chi connectivity index (χ4v) is 2.82. The molecule has 1 atom stereocenters. The van der Waals surface area contributed by atoms with E-state index in [-0.39, 0.29) is 0 Å². The predicted molar refractivity (Wildman–Crippen MR) is 77.7 cm³/mol. The molecule has 3 rings (SSSR count). The SMILES string of the molecule is Nc1cc(CN2CCC(c3ccccc3)C2)ccn1. The second-order valence-corrected chi connectivity index (χ2v) is 5.22. The largest absolute Gasteiger partial charge is 0.384 e. The summed E-state index contributed by atoms with van der Waals surface area (Å²) in [6.45, 7) is 3.25. The van der Waals surface area contributed by atoms with Gasteiger partial charge in [-0.05, 0) is 42.1 Å². The van der Waals surface area contributed by atoms with Crippen molar-refractivity contribution < 1.29 is 0 Å². The molecule has 0 amide bonds. The Morgan fingerprint density at radius 1 is 1.21 bits per heavy atom. The average Bonchev–Trinajstić information content (AvgIpc) is 2.88. The van der Waals surface area contributed by atoms with E-state index in [9.17, 15) is 0 Å². The van der Waals surface area contributed by atoms with Crippen LogP contribution in [0.3, 0.4) is 0 Å². The van der Waals surface area contributed by atoms with Crippen molar-refractivity contribution in [2.75, 3.05) is 18.8 Å². The van der Waals surface area contributed by atoms with Crippen molar-refractivity contribution >= 4 is 5.82 Å². The molecule has 0 spiro atoms. The van der Waals surface area contributed by atoms with E-state index in [1.54, 1.807) is 6.20 Å². The fourth-order valence-electron chi connectivity index (χ4n) is 2.82. The maximum absolute atomic E-state index is 5.72. The van der Waals surface area contributed by atoms with E-state index in [1.165, 1.54) is 17.5 Å². The minimum atomic E-state index is 0.608. The van der Waals surface area contributed by atoms with Crippen LogP contribution in [0.5, 0.6) is 0 Å². The number of anilines is 1. The van der Waals surface area contributed by atoms with Gasteiger partial charge in [-0.2, -0.15) is 0 Å². The molecule has 1 aromatic carbocycles. The van der Waals surface area contributed by atoms with E-state index in [0.29, 0.717) is 11.7 Å². The van der Waals surface area contributed by atoms with E-state index >= 15 is 0 Å². The molecule has 2 heterocycles. The third-order valence-electron chi connectivity index (χ3n) is 3.80. The monoisotopic (exact) mass is 253 g/mol. The van der Waals surface area contributed by atoms with Gasteiger partial charge in [-0.1, -0.05) is 30.3 Å². The molecule has 2 aromatic rings.